The summed E-state index contributed by atoms with van der Waals surface area (Å²) >= 11 is 0. The van der Waals surface area contributed by atoms with Crippen molar-refractivity contribution in [3.8, 4) is 11.6 Å². The summed E-state index contributed by atoms with van der Waals surface area (Å²) in [5.74, 6) is 2.94. The van der Waals surface area contributed by atoms with E-state index in [2.05, 4.69) is 22.2 Å². The molecule has 0 bridgehead atoms. The van der Waals surface area contributed by atoms with Gasteiger partial charge in [-0.1, -0.05) is 25.1 Å². The number of benzene rings is 1. The Balaban J connectivity index is 2.27. The van der Waals surface area contributed by atoms with Crippen LogP contribution in [0.15, 0.2) is 30.3 Å². The number of aromatic nitrogens is 2. The van der Waals surface area contributed by atoms with Gasteiger partial charge in [0.1, 0.15) is 17.4 Å². The normalized spacial score (nSPS) is 10.3. The minimum Gasteiger partial charge on any atom is -0.439 e. The van der Waals surface area contributed by atoms with Crippen LogP contribution in [-0.4, -0.2) is 16.5 Å². The van der Waals surface area contributed by atoms with Crippen molar-refractivity contribution in [2.45, 2.75) is 27.2 Å². The lowest BCUT2D eigenvalue weighted by Crippen LogP contribution is -2.07. The molecule has 0 amide bonds. The lowest BCUT2D eigenvalue weighted by Gasteiger charge is -2.13. The molecule has 4 heteroatoms. The molecule has 100 valence electrons. The lowest BCUT2D eigenvalue weighted by molar-refractivity contribution is 0.456. The highest BCUT2D eigenvalue weighted by atomic mass is 16.5. The SMILES string of the molecule is CCCNc1nc(C)nc(Oc2ccccc2)c1C. The Kier molecular flexibility index (Phi) is 4.34. The maximum absolute atomic E-state index is 5.82. The van der Waals surface area contributed by atoms with E-state index in [1.54, 1.807) is 0 Å². The first-order valence-electron chi connectivity index (χ1n) is 6.52. The molecule has 0 saturated heterocycles. The molecule has 2 aromatic rings. The fraction of sp³-hybridized carbons (Fsp3) is 0.333. The van der Waals surface area contributed by atoms with Gasteiger partial charge in [-0.2, -0.15) is 4.98 Å². The van der Waals surface area contributed by atoms with Gasteiger partial charge >= 0.3 is 0 Å². The molecule has 0 saturated carbocycles. The van der Waals surface area contributed by atoms with Gasteiger partial charge < -0.3 is 10.1 Å². The number of aryl methyl sites for hydroxylation is 1. The van der Waals surface area contributed by atoms with Crippen molar-refractivity contribution >= 4 is 5.82 Å². The minimum atomic E-state index is 0.609. The summed E-state index contributed by atoms with van der Waals surface area (Å²) in [6.45, 7) is 6.85. The zero-order valence-corrected chi connectivity index (χ0v) is 11.6. The summed E-state index contributed by atoms with van der Waals surface area (Å²) in [4.78, 5) is 8.77. The Labute approximate surface area is 113 Å². The average molecular weight is 257 g/mol. The second kappa shape index (κ2) is 6.18. The average Bonchev–Trinajstić information content (AvgIpc) is 2.42. The van der Waals surface area contributed by atoms with E-state index in [1.165, 1.54) is 0 Å². The zero-order chi connectivity index (χ0) is 13.7. The Hall–Kier alpha value is -2.10. The van der Waals surface area contributed by atoms with Crippen LogP contribution >= 0.6 is 0 Å². The lowest BCUT2D eigenvalue weighted by atomic mass is 10.3. The van der Waals surface area contributed by atoms with Crippen LogP contribution in [0.2, 0.25) is 0 Å². The highest BCUT2D eigenvalue weighted by molar-refractivity contribution is 5.49. The van der Waals surface area contributed by atoms with Crippen molar-refractivity contribution in [1.82, 2.24) is 9.97 Å². The molecule has 1 heterocycles. The first-order chi connectivity index (χ1) is 9.20. The second-order valence-electron chi connectivity index (χ2n) is 4.39. The third-order valence-electron chi connectivity index (χ3n) is 2.71. The van der Waals surface area contributed by atoms with Gasteiger partial charge in [-0.15, -0.1) is 0 Å². The van der Waals surface area contributed by atoms with Gasteiger partial charge in [0.15, 0.2) is 0 Å². The van der Waals surface area contributed by atoms with Crippen LogP contribution in [0.4, 0.5) is 5.82 Å². The van der Waals surface area contributed by atoms with Crippen molar-refractivity contribution in [3.05, 3.63) is 41.7 Å². The third kappa shape index (κ3) is 3.44. The van der Waals surface area contributed by atoms with E-state index in [4.69, 9.17) is 4.74 Å². The molecule has 4 nitrogen and oxygen atoms in total. The van der Waals surface area contributed by atoms with E-state index in [9.17, 15) is 0 Å². The molecule has 0 radical (unpaired) electrons. The van der Waals surface area contributed by atoms with Crippen LogP contribution in [0, 0.1) is 13.8 Å². The van der Waals surface area contributed by atoms with Gasteiger partial charge in [0.25, 0.3) is 0 Å². The van der Waals surface area contributed by atoms with Crippen LogP contribution in [0.3, 0.4) is 0 Å². The fourth-order valence-corrected chi connectivity index (χ4v) is 1.72. The Bertz CT molecular complexity index is 541. The Morgan fingerprint density at radius 1 is 1.11 bits per heavy atom. The van der Waals surface area contributed by atoms with E-state index >= 15 is 0 Å². The highest BCUT2D eigenvalue weighted by Gasteiger charge is 2.10. The maximum atomic E-state index is 5.82. The number of ether oxygens (including phenoxy) is 1. The third-order valence-corrected chi connectivity index (χ3v) is 2.71. The van der Waals surface area contributed by atoms with Gasteiger partial charge in [0.05, 0.1) is 5.56 Å². The summed E-state index contributed by atoms with van der Waals surface area (Å²) in [5.41, 5.74) is 0.933. The molecule has 1 aromatic carbocycles. The standard InChI is InChI=1S/C15H19N3O/c1-4-10-16-14-11(2)15(18-12(3)17-14)19-13-8-6-5-7-9-13/h5-9H,4,10H2,1-3H3,(H,16,17,18). The first-order valence-corrected chi connectivity index (χ1v) is 6.52. The number of anilines is 1. The predicted octanol–water partition coefficient (Wildman–Crippen LogP) is 3.71. The van der Waals surface area contributed by atoms with E-state index in [1.807, 2.05) is 44.2 Å². The van der Waals surface area contributed by atoms with Crippen LogP contribution in [-0.2, 0) is 0 Å². The molecular weight excluding hydrogens is 238 g/mol. The number of para-hydroxylation sites is 1. The summed E-state index contributed by atoms with van der Waals surface area (Å²) < 4.78 is 5.82. The van der Waals surface area contributed by atoms with Gasteiger partial charge in [0.2, 0.25) is 5.88 Å². The minimum absolute atomic E-state index is 0.609. The van der Waals surface area contributed by atoms with Gasteiger partial charge in [-0.25, -0.2) is 4.98 Å². The van der Waals surface area contributed by atoms with Crippen molar-refractivity contribution < 1.29 is 4.74 Å². The Morgan fingerprint density at radius 2 is 1.84 bits per heavy atom. The van der Waals surface area contributed by atoms with E-state index in [-0.39, 0.29) is 0 Å². The van der Waals surface area contributed by atoms with E-state index in [0.717, 1.165) is 30.1 Å². The number of nitrogens with zero attached hydrogens (tertiary/aromatic N) is 2. The van der Waals surface area contributed by atoms with E-state index < -0.39 is 0 Å². The molecule has 0 aliphatic heterocycles. The molecule has 0 aliphatic rings. The molecule has 1 N–H and O–H groups in total. The monoisotopic (exact) mass is 257 g/mol. The fourth-order valence-electron chi connectivity index (χ4n) is 1.72. The van der Waals surface area contributed by atoms with Gasteiger partial charge in [-0.05, 0) is 32.4 Å². The predicted molar refractivity (Wildman–Crippen MR) is 76.8 cm³/mol. The summed E-state index contributed by atoms with van der Waals surface area (Å²) in [7, 11) is 0. The van der Waals surface area contributed by atoms with Crippen LogP contribution < -0.4 is 10.1 Å². The molecule has 0 spiro atoms. The summed E-state index contributed by atoms with van der Waals surface area (Å²) in [6, 6.07) is 9.66. The zero-order valence-electron chi connectivity index (χ0n) is 11.6. The quantitative estimate of drug-likeness (QED) is 0.887. The molecule has 2 rings (SSSR count). The summed E-state index contributed by atoms with van der Waals surface area (Å²) in [6.07, 6.45) is 1.05. The summed E-state index contributed by atoms with van der Waals surface area (Å²) in [5, 5.41) is 3.30. The van der Waals surface area contributed by atoms with Crippen LogP contribution in [0.5, 0.6) is 11.6 Å². The van der Waals surface area contributed by atoms with Crippen molar-refractivity contribution in [2.24, 2.45) is 0 Å². The number of hydrogen-bond acceptors (Lipinski definition) is 4. The largest absolute Gasteiger partial charge is 0.439 e. The van der Waals surface area contributed by atoms with Gasteiger partial charge in [-0.3, -0.25) is 0 Å². The van der Waals surface area contributed by atoms with Gasteiger partial charge in [0, 0.05) is 6.54 Å². The molecular formula is C15H19N3O. The van der Waals surface area contributed by atoms with Crippen molar-refractivity contribution in [1.29, 1.82) is 0 Å². The van der Waals surface area contributed by atoms with Crippen molar-refractivity contribution in [3.63, 3.8) is 0 Å². The molecule has 1 aromatic heterocycles. The number of hydrogen-bond donors (Lipinski definition) is 1. The van der Waals surface area contributed by atoms with Crippen molar-refractivity contribution in [2.75, 3.05) is 11.9 Å². The second-order valence-corrected chi connectivity index (χ2v) is 4.39. The topological polar surface area (TPSA) is 47.0 Å². The van der Waals surface area contributed by atoms with Crippen LogP contribution in [0.25, 0.3) is 0 Å². The Morgan fingerprint density at radius 3 is 2.53 bits per heavy atom. The maximum Gasteiger partial charge on any atom is 0.227 e. The van der Waals surface area contributed by atoms with Crippen LogP contribution in [0.1, 0.15) is 24.7 Å². The molecule has 19 heavy (non-hydrogen) atoms. The molecule has 0 fully saturated rings. The molecule has 0 aliphatic carbocycles. The molecule has 0 unspecified atom stereocenters. The highest BCUT2D eigenvalue weighted by Crippen LogP contribution is 2.26. The molecule has 0 atom stereocenters. The number of rotatable bonds is 5. The first kappa shape index (κ1) is 13.3. The number of nitrogens with one attached hydrogen (secondary N) is 1. The smallest absolute Gasteiger partial charge is 0.227 e. The van der Waals surface area contributed by atoms with E-state index in [0.29, 0.717) is 11.7 Å².